The maximum Gasteiger partial charge on any atom is 0.135 e. The minimum absolute atomic E-state index is 0.476. The van der Waals surface area contributed by atoms with Gasteiger partial charge in [0, 0.05) is 12.5 Å². The third-order valence-corrected chi connectivity index (χ3v) is 1.91. The van der Waals surface area contributed by atoms with Crippen molar-refractivity contribution >= 4 is 0 Å². The Morgan fingerprint density at radius 1 is 1.50 bits per heavy atom. The molecule has 1 aromatic heterocycles. The third-order valence-electron chi connectivity index (χ3n) is 1.91. The van der Waals surface area contributed by atoms with E-state index < -0.39 is 0 Å². The Morgan fingerprint density at radius 3 is 2.83 bits per heavy atom. The van der Waals surface area contributed by atoms with Gasteiger partial charge in [-0.2, -0.15) is 0 Å². The maximum atomic E-state index is 4.08. The third kappa shape index (κ3) is 2.06. The van der Waals surface area contributed by atoms with Crippen LogP contribution in [0, 0.1) is 0 Å². The highest BCUT2D eigenvalue weighted by atomic mass is 15.3. The van der Waals surface area contributed by atoms with Crippen molar-refractivity contribution in [1.82, 2.24) is 14.8 Å². The van der Waals surface area contributed by atoms with Crippen molar-refractivity contribution in [2.45, 2.75) is 46.1 Å². The lowest BCUT2D eigenvalue weighted by molar-refractivity contribution is 0.583. The van der Waals surface area contributed by atoms with Crippen LogP contribution in [-0.2, 0) is 6.54 Å². The molecule has 1 heterocycles. The zero-order chi connectivity index (χ0) is 8.97. The molecule has 0 aromatic carbocycles. The van der Waals surface area contributed by atoms with E-state index in [1.807, 2.05) is 6.33 Å². The predicted octanol–water partition coefficient (Wildman–Crippen LogP) is 2.20. The Balaban J connectivity index is 2.64. The molecule has 0 aliphatic carbocycles. The van der Waals surface area contributed by atoms with E-state index in [1.54, 1.807) is 0 Å². The van der Waals surface area contributed by atoms with Crippen LogP contribution in [0.5, 0.6) is 0 Å². The average molecular weight is 167 g/mol. The SMILES string of the molecule is CCCCn1cnnc1C(C)C. The largest absolute Gasteiger partial charge is 0.317 e. The number of rotatable bonds is 4. The first-order valence-corrected chi connectivity index (χ1v) is 4.63. The summed E-state index contributed by atoms with van der Waals surface area (Å²) in [5.74, 6) is 1.58. The van der Waals surface area contributed by atoms with E-state index in [1.165, 1.54) is 12.8 Å². The van der Waals surface area contributed by atoms with E-state index in [4.69, 9.17) is 0 Å². The summed E-state index contributed by atoms with van der Waals surface area (Å²) in [5, 5.41) is 7.99. The van der Waals surface area contributed by atoms with Crippen LogP contribution in [0.2, 0.25) is 0 Å². The minimum Gasteiger partial charge on any atom is -0.317 e. The summed E-state index contributed by atoms with van der Waals surface area (Å²) in [5.41, 5.74) is 0. The number of aryl methyl sites for hydroxylation is 1. The first-order valence-electron chi connectivity index (χ1n) is 4.63. The molecule has 0 N–H and O–H groups in total. The molecule has 3 nitrogen and oxygen atoms in total. The summed E-state index contributed by atoms with van der Waals surface area (Å²) in [6, 6.07) is 0. The van der Waals surface area contributed by atoms with Gasteiger partial charge in [0.1, 0.15) is 12.2 Å². The molecule has 0 aliphatic heterocycles. The van der Waals surface area contributed by atoms with Crippen LogP contribution in [0.25, 0.3) is 0 Å². The Hall–Kier alpha value is -0.860. The summed E-state index contributed by atoms with van der Waals surface area (Å²) in [6.45, 7) is 7.54. The van der Waals surface area contributed by atoms with Gasteiger partial charge in [0.2, 0.25) is 0 Å². The fourth-order valence-electron chi connectivity index (χ4n) is 1.21. The van der Waals surface area contributed by atoms with Crippen LogP contribution in [0.3, 0.4) is 0 Å². The highest BCUT2D eigenvalue weighted by Crippen LogP contribution is 2.10. The summed E-state index contributed by atoms with van der Waals surface area (Å²) in [7, 11) is 0. The van der Waals surface area contributed by atoms with E-state index >= 15 is 0 Å². The second-order valence-electron chi connectivity index (χ2n) is 3.39. The molecule has 0 saturated heterocycles. The minimum atomic E-state index is 0.476. The van der Waals surface area contributed by atoms with Crippen molar-refractivity contribution in [2.75, 3.05) is 0 Å². The molecular formula is C9H17N3. The van der Waals surface area contributed by atoms with E-state index in [0.717, 1.165) is 12.4 Å². The van der Waals surface area contributed by atoms with E-state index in [-0.39, 0.29) is 0 Å². The van der Waals surface area contributed by atoms with Crippen molar-refractivity contribution in [3.05, 3.63) is 12.2 Å². The van der Waals surface area contributed by atoms with Crippen molar-refractivity contribution < 1.29 is 0 Å². The number of unbranched alkanes of at least 4 members (excludes halogenated alkanes) is 1. The molecule has 0 amide bonds. The Labute approximate surface area is 73.8 Å². The zero-order valence-electron chi connectivity index (χ0n) is 8.12. The van der Waals surface area contributed by atoms with Crippen molar-refractivity contribution in [1.29, 1.82) is 0 Å². The van der Waals surface area contributed by atoms with Crippen LogP contribution in [0.15, 0.2) is 6.33 Å². The molecule has 0 radical (unpaired) electrons. The summed E-state index contributed by atoms with van der Waals surface area (Å²) < 4.78 is 2.15. The molecule has 0 aliphatic rings. The van der Waals surface area contributed by atoms with Gasteiger partial charge in [0.05, 0.1) is 0 Å². The first-order chi connectivity index (χ1) is 5.75. The van der Waals surface area contributed by atoms with Gasteiger partial charge in [-0.05, 0) is 6.42 Å². The smallest absolute Gasteiger partial charge is 0.135 e. The number of hydrogen-bond donors (Lipinski definition) is 0. The standard InChI is InChI=1S/C9H17N3/c1-4-5-6-12-7-10-11-9(12)8(2)3/h7-8H,4-6H2,1-3H3. The highest BCUT2D eigenvalue weighted by Gasteiger charge is 2.06. The van der Waals surface area contributed by atoms with Gasteiger partial charge in [-0.1, -0.05) is 27.2 Å². The topological polar surface area (TPSA) is 30.7 Å². The second-order valence-corrected chi connectivity index (χ2v) is 3.39. The van der Waals surface area contributed by atoms with Gasteiger partial charge in [-0.3, -0.25) is 0 Å². The van der Waals surface area contributed by atoms with Crippen LogP contribution in [0.4, 0.5) is 0 Å². The van der Waals surface area contributed by atoms with Gasteiger partial charge in [-0.25, -0.2) is 0 Å². The normalized spacial score (nSPS) is 11.0. The Bertz CT molecular complexity index is 227. The van der Waals surface area contributed by atoms with Crippen LogP contribution < -0.4 is 0 Å². The molecule has 1 aromatic rings. The Kier molecular flexibility index (Phi) is 3.26. The second kappa shape index (κ2) is 4.24. The molecule has 0 unspecified atom stereocenters. The van der Waals surface area contributed by atoms with Crippen molar-refractivity contribution in [3.8, 4) is 0 Å². The average Bonchev–Trinajstić information content (AvgIpc) is 2.48. The molecule has 12 heavy (non-hydrogen) atoms. The highest BCUT2D eigenvalue weighted by molar-refractivity contribution is 4.91. The lowest BCUT2D eigenvalue weighted by atomic mass is 10.2. The maximum absolute atomic E-state index is 4.08. The fraction of sp³-hybridized carbons (Fsp3) is 0.778. The van der Waals surface area contributed by atoms with Crippen molar-refractivity contribution in [3.63, 3.8) is 0 Å². The molecule has 0 atom stereocenters. The van der Waals surface area contributed by atoms with Gasteiger partial charge in [0.15, 0.2) is 0 Å². The monoisotopic (exact) mass is 167 g/mol. The quantitative estimate of drug-likeness (QED) is 0.688. The molecule has 0 spiro atoms. The summed E-state index contributed by atoms with van der Waals surface area (Å²) in [4.78, 5) is 0. The summed E-state index contributed by atoms with van der Waals surface area (Å²) >= 11 is 0. The zero-order valence-corrected chi connectivity index (χ0v) is 8.12. The van der Waals surface area contributed by atoms with Crippen LogP contribution in [0.1, 0.15) is 45.4 Å². The fourth-order valence-corrected chi connectivity index (χ4v) is 1.21. The molecule has 68 valence electrons. The number of hydrogen-bond acceptors (Lipinski definition) is 2. The molecule has 1 rings (SSSR count). The van der Waals surface area contributed by atoms with Gasteiger partial charge < -0.3 is 4.57 Å². The first kappa shape index (κ1) is 9.23. The van der Waals surface area contributed by atoms with Gasteiger partial charge in [-0.15, -0.1) is 10.2 Å². The van der Waals surface area contributed by atoms with Crippen LogP contribution >= 0.6 is 0 Å². The van der Waals surface area contributed by atoms with Gasteiger partial charge >= 0.3 is 0 Å². The molecule has 0 saturated carbocycles. The van der Waals surface area contributed by atoms with Crippen molar-refractivity contribution in [2.24, 2.45) is 0 Å². The van der Waals surface area contributed by atoms with Gasteiger partial charge in [0.25, 0.3) is 0 Å². The molecule has 0 bridgehead atoms. The van der Waals surface area contributed by atoms with E-state index in [0.29, 0.717) is 5.92 Å². The Morgan fingerprint density at radius 2 is 2.25 bits per heavy atom. The molecule has 0 fully saturated rings. The van der Waals surface area contributed by atoms with E-state index in [9.17, 15) is 0 Å². The number of nitrogens with zero attached hydrogens (tertiary/aromatic N) is 3. The lowest BCUT2D eigenvalue weighted by Gasteiger charge is -2.07. The number of aromatic nitrogens is 3. The molecular weight excluding hydrogens is 150 g/mol. The predicted molar refractivity (Wildman–Crippen MR) is 49.0 cm³/mol. The summed E-state index contributed by atoms with van der Waals surface area (Å²) in [6.07, 6.45) is 4.25. The van der Waals surface area contributed by atoms with Crippen LogP contribution in [-0.4, -0.2) is 14.8 Å². The lowest BCUT2D eigenvalue weighted by Crippen LogP contribution is -2.04. The van der Waals surface area contributed by atoms with E-state index in [2.05, 4.69) is 35.5 Å². The molecule has 3 heteroatoms.